The first-order valence-electron chi connectivity index (χ1n) is 6.91. The van der Waals surface area contributed by atoms with Crippen molar-refractivity contribution < 1.29 is 9.53 Å². The van der Waals surface area contributed by atoms with Crippen LogP contribution in [-0.4, -0.2) is 25.1 Å². The molecule has 1 amide bonds. The molecule has 20 heavy (non-hydrogen) atoms. The molecule has 0 aliphatic rings. The summed E-state index contributed by atoms with van der Waals surface area (Å²) >= 11 is 0. The number of nitrogens with one attached hydrogen (secondary N) is 2. The maximum atomic E-state index is 11.8. The molecule has 1 atom stereocenters. The summed E-state index contributed by atoms with van der Waals surface area (Å²) in [6.07, 6.45) is 0.998. The number of carbonyl (C=O) groups is 1. The van der Waals surface area contributed by atoms with E-state index in [2.05, 4.69) is 31.1 Å². The fourth-order valence-electron chi connectivity index (χ4n) is 1.49. The molecule has 4 nitrogen and oxygen atoms in total. The van der Waals surface area contributed by atoms with Gasteiger partial charge in [-0.3, -0.25) is 4.79 Å². The van der Waals surface area contributed by atoms with Gasteiger partial charge in [-0.1, -0.05) is 19.6 Å². The van der Waals surface area contributed by atoms with E-state index >= 15 is 0 Å². The molecule has 1 rings (SSSR count). The second kappa shape index (κ2) is 8.38. The number of rotatable bonds is 8. The van der Waals surface area contributed by atoms with Gasteiger partial charge in [-0.25, -0.2) is 0 Å². The van der Waals surface area contributed by atoms with Crippen molar-refractivity contribution in [2.75, 3.05) is 18.5 Å². The van der Waals surface area contributed by atoms with E-state index in [4.69, 9.17) is 4.74 Å². The second-order valence-electron chi connectivity index (χ2n) is 5.01. The second-order valence-corrected chi connectivity index (χ2v) is 5.01. The lowest BCUT2D eigenvalue weighted by Gasteiger charge is -2.12. The average Bonchev–Trinajstić information content (AvgIpc) is 2.43. The van der Waals surface area contributed by atoms with Gasteiger partial charge in [-0.05, 0) is 38.0 Å². The molecule has 0 aliphatic carbocycles. The summed E-state index contributed by atoms with van der Waals surface area (Å²) in [5, 5.41) is 6.00. The molecule has 4 heteroatoms. The van der Waals surface area contributed by atoms with E-state index < -0.39 is 0 Å². The van der Waals surface area contributed by atoms with Crippen molar-refractivity contribution in [3.63, 3.8) is 0 Å². The molecule has 0 spiro atoms. The van der Waals surface area contributed by atoms with Crippen molar-refractivity contribution in [3.05, 3.63) is 36.4 Å². The van der Waals surface area contributed by atoms with Gasteiger partial charge in [0.1, 0.15) is 12.4 Å². The van der Waals surface area contributed by atoms with Crippen molar-refractivity contribution in [1.29, 1.82) is 0 Å². The minimum absolute atomic E-state index is 0.0534. The van der Waals surface area contributed by atoms with Gasteiger partial charge in [0.2, 0.25) is 5.91 Å². The van der Waals surface area contributed by atoms with E-state index in [-0.39, 0.29) is 5.91 Å². The lowest BCUT2D eigenvalue weighted by molar-refractivity contribution is -0.115. The Morgan fingerprint density at radius 1 is 1.45 bits per heavy atom. The van der Waals surface area contributed by atoms with Gasteiger partial charge in [0, 0.05) is 17.8 Å². The van der Waals surface area contributed by atoms with Crippen LogP contribution in [0.2, 0.25) is 0 Å². The Balaban J connectivity index is 2.48. The van der Waals surface area contributed by atoms with Crippen LogP contribution >= 0.6 is 0 Å². The summed E-state index contributed by atoms with van der Waals surface area (Å²) in [5.41, 5.74) is 1.69. The number of hydrogen-bond donors (Lipinski definition) is 2. The molecule has 0 aromatic heterocycles. The van der Waals surface area contributed by atoms with Crippen molar-refractivity contribution in [2.24, 2.45) is 0 Å². The van der Waals surface area contributed by atoms with Crippen LogP contribution in [0.3, 0.4) is 0 Å². The van der Waals surface area contributed by atoms with Crippen LogP contribution in [0.5, 0.6) is 5.75 Å². The summed E-state index contributed by atoms with van der Waals surface area (Å²) < 4.78 is 5.54. The normalized spacial score (nSPS) is 11.8. The Bertz CT molecular complexity index is 458. The predicted octanol–water partition coefficient (Wildman–Crippen LogP) is 2.97. The summed E-state index contributed by atoms with van der Waals surface area (Å²) in [4.78, 5) is 11.8. The Kier molecular flexibility index (Phi) is 6.81. The summed E-state index contributed by atoms with van der Waals surface area (Å²) in [6.45, 7) is 10.6. The van der Waals surface area contributed by atoms with Crippen molar-refractivity contribution in [2.45, 2.75) is 33.2 Å². The minimum atomic E-state index is -0.0534. The van der Waals surface area contributed by atoms with Gasteiger partial charge < -0.3 is 15.4 Å². The predicted molar refractivity (Wildman–Crippen MR) is 83.1 cm³/mol. The average molecular weight is 276 g/mol. The third-order valence-corrected chi connectivity index (χ3v) is 2.83. The molecule has 2 N–H and O–H groups in total. The smallest absolute Gasteiger partial charge is 0.238 e. The summed E-state index contributed by atoms with van der Waals surface area (Å²) in [6, 6.07) is 7.70. The third kappa shape index (κ3) is 6.38. The highest BCUT2D eigenvalue weighted by molar-refractivity contribution is 5.92. The Hall–Kier alpha value is -1.81. The Labute approximate surface area is 121 Å². The van der Waals surface area contributed by atoms with Crippen LogP contribution in [0.1, 0.15) is 27.2 Å². The van der Waals surface area contributed by atoms with Gasteiger partial charge in [-0.15, -0.1) is 0 Å². The van der Waals surface area contributed by atoms with E-state index in [1.807, 2.05) is 31.2 Å². The van der Waals surface area contributed by atoms with Crippen molar-refractivity contribution in [1.82, 2.24) is 5.32 Å². The number of amides is 1. The van der Waals surface area contributed by atoms with E-state index in [0.717, 1.165) is 23.4 Å². The van der Waals surface area contributed by atoms with Gasteiger partial charge in [0.05, 0.1) is 6.54 Å². The highest BCUT2D eigenvalue weighted by Crippen LogP contribution is 2.17. The molecule has 0 saturated carbocycles. The van der Waals surface area contributed by atoms with Crippen LogP contribution in [0, 0.1) is 0 Å². The minimum Gasteiger partial charge on any atom is -0.489 e. The summed E-state index contributed by atoms with van der Waals surface area (Å²) in [7, 11) is 0. The molecule has 0 heterocycles. The topological polar surface area (TPSA) is 50.4 Å². The molecule has 1 unspecified atom stereocenters. The first-order chi connectivity index (χ1) is 9.51. The van der Waals surface area contributed by atoms with Crippen molar-refractivity contribution >= 4 is 11.6 Å². The van der Waals surface area contributed by atoms with Gasteiger partial charge in [-0.2, -0.15) is 0 Å². The van der Waals surface area contributed by atoms with Crippen LogP contribution in [0.4, 0.5) is 5.69 Å². The monoisotopic (exact) mass is 276 g/mol. The molecule has 1 aromatic carbocycles. The largest absolute Gasteiger partial charge is 0.489 e. The molecular weight excluding hydrogens is 252 g/mol. The standard InChI is InChI=1S/C16H24N2O2/c1-5-13(4)17-10-16(19)18-14-7-6-8-15(9-14)20-11-12(2)3/h6-9,13,17H,2,5,10-11H2,1,3-4H3,(H,18,19). The number of hydrogen-bond acceptors (Lipinski definition) is 3. The first kappa shape index (κ1) is 16.2. The third-order valence-electron chi connectivity index (χ3n) is 2.83. The lowest BCUT2D eigenvalue weighted by atomic mass is 10.2. The Morgan fingerprint density at radius 3 is 2.85 bits per heavy atom. The SMILES string of the molecule is C=C(C)COc1cccc(NC(=O)CNC(C)CC)c1. The van der Waals surface area contributed by atoms with Crippen molar-refractivity contribution in [3.8, 4) is 5.75 Å². The van der Waals surface area contributed by atoms with Gasteiger partial charge in [0.15, 0.2) is 0 Å². The quantitative estimate of drug-likeness (QED) is 0.718. The number of carbonyl (C=O) groups excluding carboxylic acids is 1. The zero-order valence-electron chi connectivity index (χ0n) is 12.5. The molecule has 0 aliphatic heterocycles. The fourth-order valence-corrected chi connectivity index (χ4v) is 1.49. The Morgan fingerprint density at radius 2 is 2.20 bits per heavy atom. The molecule has 1 aromatic rings. The van der Waals surface area contributed by atoms with Gasteiger partial charge >= 0.3 is 0 Å². The molecule has 0 saturated heterocycles. The lowest BCUT2D eigenvalue weighted by Crippen LogP contribution is -2.33. The maximum absolute atomic E-state index is 11.8. The highest BCUT2D eigenvalue weighted by Gasteiger charge is 2.05. The molecule has 0 fully saturated rings. The number of benzene rings is 1. The van der Waals surface area contributed by atoms with Crippen LogP contribution in [0.25, 0.3) is 0 Å². The first-order valence-corrected chi connectivity index (χ1v) is 6.91. The summed E-state index contributed by atoms with van der Waals surface area (Å²) in [5.74, 6) is 0.669. The van der Waals surface area contributed by atoms with Crippen LogP contribution < -0.4 is 15.4 Å². The van der Waals surface area contributed by atoms with Crippen LogP contribution in [0.15, 0.2) is 36.4 Å². The highest BCUT2D eigenvalue weighted by atomic mass is 16.5. The number of ether oxygens (including phenoxy) is 1. The van der Waals surface area contributed by atoms with Gasteiger partial charge in [0.25, 0.3) is 0 Å². The van der Waals surface area contributed by atoms with E-state index in [1.54, 1.807) is 0 Å². The number of anilines is 1. The molecule has 110 valence electrons. The van der Waals surface area contributed by atoms with E-state index in [9.17, 15) is 4.79 Å². The molecule has 0 radical (unpaired) electrons. The molecule has 0 bridgehead atoms. The van der Waals surface area contributed by atoms with E-state index in [0.29, 0.717) is 19.2 Å². The fraction of sp³-hybridized carbons (Fsp3) is 0.438. The van der Waals surface area contributed by atoms with Crippen LogP contribution in [-0.2, 0) is 4.79 Å². The van der Waals surface area contributed by atoms with E-state index in [1.165, 1.54) is 0 Å². The zero-order chi connectivity index (χ0) is 15.0. The zero-order valence-corrected chi connectivity index (χ0v) is 12.5. The maximum Gasteiger partial charge on any atom is 0.238 e. The molecular formula is C16H24N2O2.